The number of nitrogens with two attached hydrogens (primary N) is 1. The molecule has 2 aromatic rings. The Morgan fingerprint density at radius 2 is 1.86 bits per heavy atom. The van der Waals surface area contributed by atoms with Crippen LogP contribution in [0.1, 0.15) is 5.56 Å². The Morgan fingerprint density at radius 1 is 1.05 bits per heavy atom. The zero-order chi connectivity index (χ0) is 15.1. The first kappa shape index (κ1) is 13.0. The highest BCUT2D eigenvalue weighted by Gasteiger charge is 2.14. The zero-order valence-corrected chi connectivity index (χ0v) is 12.0. The molecular formula is C18H15N3O. The molecule has 4 rings (SSSR count). The highest BCUT2D eigenvalue weighted by Crippen LogP contribution is 2.30. The summed E-state index contributed by atoms with van der Waals surface area (Å²) in [5, 5.41) is 10.4. The lowest BCUT2D eigenvalue weighted by Gasteiger charge is -2.10. The molecular weight excluding hydrogens is 274 g/mol. The van der Waals surface area contributed by atoms with Gasteiger partial charge >= 0.3 is 0 Å². The Bertz CT molecular complexity index is 1020. The highest BCUT2D eigenvalue weighted by atomic mass is 16.3. The maximum absolute atomic E-state index is 8.14. The fraction of sp³-hybridized carbons (Fsp3) is 0.111. The Labute approximate surface area is 127 Å². The van der Waals surface area contributed by atoms with Crippen LogP contribution in [0.25, 0.3) is 33.3 Å². The smallest absolute Gasteiger partial charge is 0.155 e. The summed E-state index contributed by atoms with van der Waals surface area (Å²) in [7, 11) is 0. The molecule has 0 atom stereocenters. The van der Waals surface area contributed by atoms with Crippen LogP contribution in [0.15, 0.2) is 52.9 Å². The van der Waals surface area contributed by atoms with Crippen molar-refractivity contribution in [3.63, 3.8) is 0 Å². The van der Waals surface area contributed by atoms with Crippen molar-refractivity contribution in [3.05, 3.63) is 59.5 Å². The van der Waals surface area contributed by atoms with Crippen molar-refractivity contribution in [2.75, 3.05) is 6.54 Å². The summed E-state index contributed by atoms with van der Waals surface area (Å²) in [5.41, 5.74) is 9.11. The summed E-state index contributed by atoms with van der Waals surface area (Å²) >= 11 is 0. The van der Waals surface area contributed by atoms with Gasteiger partial charge in [0.25, 0.3) is 0 Å². The van der Waals surface area contributed by atoms with Gasteiger partial charge < -0.3 is 15.6 Å². The van der Waals surface area contributed by atoms with Gasteiger partial charge in [0.15, 0.2) is 11.3 Å². The number of fused-ring (bicyclic) bond motifs is 4. The Morgan fingerprint density at radius 3 is 2.68 bits per heavy atom. The third kappa shape index (κ3) is 1.96. The molecule has 2 aliphatic rings. The number of hydrogen-bond acceptors (Lipinski definition) is 4. The molecule has 0 bridgehead atoms. The third-order valence-electron chi connectivity index (χ3n) is 3.89. The number of aromatic nitrogens is 1. The van der Waals surface area contributed by atoms with Gasteiger partial charge in [-0.3, -0.25) is 0 Å². The van der Waals surface area contributed by atoms with Crippen LogP contribution in [-0.2, 0) is 6.42 Å². The molecule has 0 saturated heterocycles. The Hall–Kier alpha value is -2.72. The molecule has 1 aliphatic carbocycles. The van der Waals surface area contributed by atoms with E-state index >= 15 is 0 Å². The second kappa shape index (κ2) is 4.93. The monoisotopic (exact) mass is 289 g/mol. The minimum Gasteiger partial charge on any atom is -0.453 e. The molecule has 3 N–H and O–H groups in total. The molecule has 22 heavy (non-hydrogen) atoms. The van der Waals surface area contributed by atoms with Crippen LogP contribution in [0, 0.1) is 5.41 Å². The van der Waals surface area contributed by atoms with E-state index in [4.69, 9.17) is 20.5 Å². The second-order valence-electron chi connectivity index (χ2n) is 5.37. The Balaban J connectivity index is 2.10. The van der Waals surface area contributed by atoms with Gasteiger partial charge in [-0.25, -0.2) is 4.98 Å². The summed E-state index contributed by atoms with van der Waals surface area (Å²) in [5.74, 6) is 0.641. The van der Waals surface area contributed by atoms with Crippen LogP contribution >= 0.6 is 0 Å². The van der Waals surface area contributed by atoms with Crippen LogP contribution in [0.5, 0.6) is 0 Å². The molecule has 0 aromatic heterocycles. The van der Waals surface area contributed by atoms with Crippen molar-refractivity contribution in [3.8, 4) is 11.5 Å². The predicted octanol–water partition coefficient (Wildman–Crippen LogP) is 3.07. The maximum atomic E-state index is 8.14. The number of nitrogens with one attached hydrogen (secondary N) is 1. The number of rotatable bonds is 2. The fourth-order valence-electron chi connectivity index (χ4n) is 2.83. The SMILES string of the molecule is N=c1cc2oc3ccc(CCN)cc3nc-2c2ccccc12. The van der Waals surface area contributed by atoms with Crippen LogP contribution < -0.4 is 11.1 Å². The molecule has 0 saturated carbocycles. The van der Waals surface area contributed by atoms with E-state index in [2.05, 4.69) is 0 Å². The Kier molecular flexibility index (Phi) is 2.91. The van der Waals surface area contributed by atoms with E-state index in [-0.39, 0.29) is 0 Å². The standard InChI is InChI=1S/C18H15N3O/c19-8-7-11-5-6-16-15(9-11)21-18-13-4-2-1-3-12(13)14(20)10-17(18)22-16/h1-6,9-10,20H,7-8,19H2. The molecule has 0 fully saturated rings. The maximum Gasteiger partial charge on any atom is 0.155 e. The number of benzene rings is 3. The number of hydrogen-bond donors (Lipinski definition) is 2. The average molecular weight is 289 g/mol. The van der Waals surface area contributed by atoms with E-state index in [0.717, 1.165) is 39.6 Å². The van der Waals surface area contributed by atoms with Gasteiger partial charge in [-0.2, -0.15) is 0 Å². The third-order valence-corrected chi connectivity index (χ3v) is 3.89. The molecule has 0 radical (unpaired) electrons. The van der Waals surface area contributed by atoms with Crippen molar-refractivity contribution < 1.29 is 4.42 Å². The van der Waals surface area contributed by atoms with Crippen molar-refractivity contribution in [2.24, 2.45) is 5.73 Å². The topological polar surface area (TPSA) is 75.9 Å². The first-order valence-electron chi connectivity index (χ1n) is 7.26. The lowest BCUT2D eigenvalue weighted by Crippen LogP contribution is -2.05. The summed E-state index contributed by atoms with van der Waals surface area (Å²) in [4.78, 5) is 4.77. The van der Waals surface area contributed by atoms with Gasteiger partial charge in [-0.1, -0.05) is 30.3 Å². The molecule has 2 aromatic carbocycles. The van der Waals surface area contributed by atoms with E-state index in [1.165, 1.54) is 0 Å². The molecule has 1 aliphatic heterocycles. The quantitative estimate of drug-likeness (QED) is 0.440. The van der Waals surface area contributed by atoms with Crippen LogP contribution in [-0.4, -0.2) is 11.5 Å². The summed E-state index contributed by atoms with van der Waals surface area (Å²) in [6.45, 7) is 0.612. The molecule has 0 spiro atoms. The van der Waals surface area contributed by atoms with E-state index in [0.29, 0.717) is 17.7 Å². The average Bonchev–Trinajstić information content (AvgIpc) is 2.54. The highest BCUT2D eigenvalue weighted by molar-refractivity contribution is 5.96. The lowest BCUT2D eigenvalue weighted by atomic mass is 10.0. The number of nitrogens with zero attached hydrogens (tertiary/aromatic N) is 1. The molecule has 4 heteroatoms. The zero-order valence-electron chi connectivity index (χ0n) is 12.0. The fourth-order valence-corrected chi connectivity index (χ4v) is 2.83. The molecule has 4 nitrogen and oxygen atoms in total. The summed E-state index contributed by atoms with van der Waals surface area (Å²) in [6, 6.07) is 15.5. The molecule has 1 heterocycles. The van der Waals surface area contributed by atoms with Gasteiger partial charge in [0.05, 0.1) is 5.36 Å². The van der Waals surface area contributed by atoms with Crippen molar-refractivity contribution in [1.29, 1.82) is 5.41 Å². The molecule has 0 unspecified atom stereocenters. The molecule has 108 valence electrons. The summed E-state index contributed by atoms with van der Waals surface area (Å²) < 4.78 is 5.95. The van der Waals surface area contributed by atoms with E-state index < -0.39 is 0 Å². The van der Waals surface area contributed by atoms with Gasteiger partial charge in [0.1, 0.15) is 11.2 Å². The van der Waals surface area contributed by atoms with Crippen molar-refractivity contribution in [1.82, 2.24) is 4.98 Å². The largest absolute Gasteiger partial charge is 0.453 e. The van der Waals surface area contributed by atoms with Gasteiger partial charge in [0, 0.05) is 16.8 Å². The first-order chi connectivity index (χ1) is 10.8. The first-order valence-corrected chi connectivity index (χ1v) is 7.26. The predicted molar refractivity (Wildman–Crippen MR) is 86.8 cm³/mol. The van der Waals surface area contributed by atoms with Crippen LogP contribution in [0.2, 0.25) is 0 Å². The van der Waals surface area contributed by atoms with E-state index in [9.17, 15) is 0 Å². The van der Waals surface area contributed by atoms with Crippen molar-refractivity contribution >= 4 is 21.9 Å². The molecule has 0 amide bonds. The van der Waals surface area contributed by atoms with Crippen molar-refractivity contribution in [2.45, 2.75) is 6.42 Å². The van der Waals surface area contributed by atoms with E-state index in [1.54, 1.807) is 6.07 Å². The van der Waals surface area contributed by atoms with Gasteiger partial charge in [-0.15, -0.1) is 0 Å². The summed E-state index contributed by atoms with van der Waals surface area (Å²) in [6.07, 6.45) is 0.821. The minimum atomic E-state index is 0.452. The van der Waals surface area contributed by atoms with Crippen LogP contribution in [0.4, 0.5) is 0 Å². The van der Waals surface area contributed by atoms with Gasteiger partial charge in [0.2, 0.25) is 0 Å². The lowest BCUT2D eigenvalue weighted by molar-refractivity contribution is 0.613. The van der Waals surface area contributed by atoms with E-state index in [1.807, 2.05) is 42.5 Å². The van der Waals surface area contributed by atoms with Crippen LogP contribution in [0.3, 0.4) is 0 Å². The van der Waals surface area contributed by atoms with Gasteiger partial charge in [-0.05, 0) is 30.7 Å². The second-order valence-corrected chi connectivity index (χ2v) is 5.37. The minimum absolute atomic E-state index is 0.452. The normalized spacial score (nSPS) is 11.5.